The summed E-state index contributed by atoms with van der Waals surface area (Å²) in [7, 11) is 0. The van der Waals surface area contributed by atoms with Crippen LogP contribution in [-0.4, -0.2) is 12.5 Å². The van der Waals surface area contributed by atoms with Crippen LogP contribution < -0.4 is 20.2 Å². The van der Waals surface area contributed by atoms with Gasteiger partial charge < -0.3 is 19.2 Å². The number of alkyl halides is 3. The molecule has 0 atom stereocenters. The molecule has 0 aliphatic heterocycles. The lowest BCUT2D eigenvalue weighted by molar-refractivity contribution is -0.154. The number of hydrogen-bond acceptors (Lipinski definition) is 5. The van der Waals surface area contributed by atoms with E-state index >= 15 is 0 Å². The molecule has 0 aliphatic rings. The summed E-state index contributed by atoms with van der Waals surface area (Å²) in [5, 5.41) is 3.34. The van der Waals surface area contributed by atoms with Crippen LogP contribution in [0.2, 0.25) is 10.0 Å². The summed E-state index contributed by atoms with van der Waals surface area (Å²) < 4.78 is 57.5. The Bertz CT molecular complexity index is 1590. The van der Waals surface area contributed by atoms with Crippen LogP contribution in [0, 0.1) is 20.8 Å². The highest BCUT2D eigenvalue weighted by Crippen LogP contribution is 2.39. The number of rotatable bonds is 6. The lowest BCUT2D eigenvalue weighted by Gasteiger charge is -2.15. The zero-order valence-corrected chi connectivity index (χ0v) is 21.8. The Morgan fingerprint density at radius 2 is 1.63 bits per heavy atom. The predicted octanol–water partition coefficient (Wildman–Crippen LogP) is 7.85. The Kier molecular flexibility index (Phi) is 7.62. The third-order valence-corrected chi connectivity index (χ3v) is 6.54. The Morgan fingerprint density at radius 1 is 0.947 bits per heavy atom. The van der Waals surface area contributed by atoms with Crippen LogP contribution in [0.25, 0.3) is 11.0 Å². The average Bonchev–Trinajstić information content (AvgIpc) is 2.84. The van der Waals surface area contributed by atoms with Crippen molar-refractivity contribution < 1.29 is 31.9 Å². The number of nitrogens with one attached hydrogen (secondary N) is 1. The van der Waals surface area contributed by atoms with Crippen LogP contribution >= 0.6 is 23.2 Å². The van der Waals surface area contributed by atoms with E-state index in [1.165, 1.54) is 24.3 Å². The zero-order valence-electron chi connectivity index (χ0n) is 20.3. The fourth-order valence-corrected chi connectivity index (χ4v) is 3.91. The molecule has 0 saturated carbocycles. The van der Waals surface area contributed by atoms with Gasteiger partial charge >= 0.3 is 6.18 Å². The summed E-state index contributed by atoms with van der Waals surface area (Å²) >= 11 is 12.2. The minimum Gasteiger partial charge on any atom is -0.484 e. The third kappa shape index (κ3) is 5.89. The van der Waals surface area contributed by atoms with Crippen molar-refractivity contribution in [1.29, 1.82) is 0 Å². The average molecular weight is 566 g/mol. The first-order chi connectivity index (χ1) is 17.8. The van der Waals surface area contributed by atoms with Gasteiger partial charge in [0.2, 0.25) is 11.2 Å². The van der Waals surface area contributed by atoms with E-state index in [9.17, 15) is 22.8 Å². The molecule has 0 fully saturated rings. The van der Waals surface area contributed by atoms with E-state index in [1.807, 2.05) is 6.92 Å². The largest absolute Gasteiger partial charge is 0.484 e. The number of hydrogen-bond donors (Lipinski definition) is 1. The second kappa shape index (κ2) is 10.6. The molecule has 0 aliphatic carbocycles. The van der Waals surface area contributed by atoms with Gasteiger partial charge in [-0.2, -0.15) is 13.2 Å². The van der Waals surface area contributed by atoms with Crippen molar-refractivity contribution in [2.24, 2.45) is 0 Å². The first kappa shape index (κ1) is 27.3. The van der Waals surface area contributed by atoms with Gasteiger partial charge in [-0.1, -0.05) is 29.3 Å². The van der Waals surface area contributed by atoms with Crippen molar-refractivity contribution in [2.75, 3.05) is 11.9 Å². The number of amides is 1. The second-order valence-corrected chi connectivity index (χ2v) is 9.30. The number of ether oxygens (including phenoxy) is 2. The van der Waals surface area contributed by atoms with Gasteiger partial charge in [0.25, 0.3) is 11.7 Å². The molecule has 6 nitrogen and oxygen atoms in total. The maximum absolute atomic E-state index is 13.9. The molecule has 0 unspecified atom stereocenters. The van der Waals surface area contributed by atoms with Gasteiger partial charge in [0.1, 0.15) is 17.1 Å². The standard InChI is InChI=1S/C27H20Cl2F3NO5/c1-13-4-5-16(10-20(13)28)33-22(34)12-36-17-6-7-19-21(11-17)38-26(27(30,31)32)25(24(19)35)37-18-8-14(2)23(29)15(3)9-18/h4-11H,12H2,1-3H3,(H,33,34). The topological polar surface area (TPSA) is 77.8 Å². The van der Waals surface area contributed by atoms with Gasteiger partial charge in [-0.05, 0) is 73.9 Å². The van der Waals surface area contributed by atoms with Crippen LogP contribution in [0.1, 0.15) is 22.5 Å². The van der Waals surface area contributed by atoms with Crippen molar-refractivity contribution in [3.63, 3.8) is 0 Å². The predicted molar refractivity (Wildman–Crippen MR) is 139 cm³/mol. The number of fused-ring (bicyclic) bond motifs is 1. The molecule has 1 amide bonds. The quantitative estimate of drug-likeness (QED) is 0.257. The Labute approximate surface area is 224 Å². The number of aryl methyl sites for hydroxylation is 3. The minimum atomic E-state index is -5.04. The van der Waals surface area contributed by atoms with Gasteiger partial charge in [-0.3, -0.25) is 9.59 Å². The number of halogens is 5. The summed E-state index contributed by atoms with van der Waals surface area (Å²) in [5.74, 6) is -3.12. The Hall–Kier alpha value is -3.69. The number of carbonyl (C=O) groups is 1. The zero-order chi connectivity index (χ0) is 27.8. The smallest absolute Gasteiger partial charge is 0.453 e. The monoisotopic (exact) mass is 565 g/mol. The van der Waals surface area contributed by atoms with Crippen molar-refractivity contribution >= 4 is 45.8 Å². The summed E-state index contributed by atoms with van der Waals surface area (Å²) in [6.07, 6.45) is -5.04. The maximum Gasteiger partial charge on any atom is 0.453 e. The van der Waals surface area contributed by atoms with E-state index in [0.717, 1.165) is 11.6 Å². The maximum atomic E-state index is 13.9. The van der Waals surface area contributed by atoms with Crippen molar-refractivity contribution in [3.8, 4) is 17.2 Å². The molecule has 11 heteroatoms. The molecule has 0 radical (unpaired) electrons. The molecule has 4 aromatic rings. The summed E-state index contributed by atoms with van der Waals surface area (Å²) in [4.78, 5) is 25.3. The summed E-state index contributed by atoms with van der Waals surface area (Å²) in [5.41, 5.74) is 1.01. The minimum absolute atomic E-state index is 0.00220. The molecule has 38 heavy (non-hydrogen) atoms. The van der Waals surface area contributed by atoms with Gasteiger partial charge in [0, 0.05) is 21.8 Å². The number of benzene rings is 3. The van der Waals surface area contributed by atoms with Gasteiger partial charge in [0.15, 0.2) is 6.61 Å². The molecule has 1 aromatic heterocycles. The SMILES string of the molecule is Cc1ccc(NC(=O)COc2ccc3c(=O)c(Oc4cc(C)c(Cl)c(C)c4)c(C(F)(F)F)oc3c2)cc1Cl. The molecule has 198 valence electrons. The lowest BCUT2D eigenvalue weighted by atomic mass is 10.1. The van der Waals surface area contributed by atoms with E-state index < -0.39 is 35.6 Å². The highest BCUT2D eigenvalue weighted by atomic mass is 35.5. The molecule has 4 rings (SSSR count). The molecular formula is C27H20Cl2F3NO5. The first-order valence-electron chi connectivity index (χ1n) is 11.1. The molecule has 0 bridgehead atoms. The van der Waals surface area contributed by atoms with E-state index in [4.69, 9.17) is 37.1 Å². The molecule has 1 heterocycles. The number of carbonyl (C=O) groups excluding carboxylic acids is 1. The van der Waals surface area contributed by atoms with Crippen molar-refractivity contribution in [3.05, 3.63) is 91.3 Å². The van der Waals surface area contributed by atoms with E-state index in [2.05, 4.69) is 5.32 Å². The summed E-state index contributed by atoms with van der Waals surface area (Å²) in [6.45, 7) is 4.68. The van der Waals surface area contributed by atoms with Gasteiger partial charge in [0.05, 0.1) is 5.39 Å². The van der Waals surface area contributed by atoms with E-state index in [1.54, 1.807) is 32.0 Å². The third-order valence-electron chi connectivity index (χ3n) is 5.54. The molecule has 1 N–H and O–H groups in total. The summed E-state index contributed by atoms with van der Waals surface area (Å²) in [6, 6.07) is 11.5. The number of anilines is 1. The molecule has 3 aromatic carbocycles. The van der Waals surface area contributed by atoms with E-state index in [-0.39, 0.29) is 22.5 Å². The molecule has 0 spiro atoms. The van der Waals surface area contributed by atoms with Crippen molar-refractivity contribution in [2.45, 2.75) is 26.9 Å². The van der Waals surface area contributed by atoms with Crippen molar-refractivity contribution in [1.82, 2.24) is 0 Å². The Morgan fingerprint density at radius 3 is 2.26 bits per heavy atom. The fraction of sp³-hybridized carbons (Fsp3) is 0.185. The van der Waals surface area contributed by atoms with E-state index in [0.29, 0.717) is 26.9 Å². The highest BCUT2D eigenvalue weighted by Gasteiger charge is 2.40. The van der Waals surface area contributed by atoms with Gasteiger partial charge in [-0.25, -0.2) is 0 Å². The molecular weight excluding hydrogens is 546 g/mol. The first-order valence-corrected chi connectivity index (χ1v) is 11.9. The normalized spacial score (nSPS) is 11.5. The van der Waals surface area contributed by atoms with Gasteiger partial charge in [-0.15, -0.1) is 0 Å². The fourth-order valence-electron chi connectivity index (χ4n) is 3.63. The van der Waals surface area contributed by atoms with Crippen LogP contribution in [0.3, 0.4) is 0 Å². The van der Waals surface area contributed by atoms with Crippen LogP contribution in [-0.2, 0) is 11.0 Å². The van der Waals surface area contributed by atoms with Crippen LogP contribution in [0.15, 0.2) is 57.7 Å². The van der Waals surface area contributed by atoms with Crippen LogP contribution in [0.4, 0.5) is 18.9 Å². The lowest BCUT2D eigenvalue weighted by Crippen LogP contribution is -2.20. The highest BCUT2D eigenvalue weighted by molar-refractivity contribution is 6.32. The Balaban J connectivity index is 1.61. The second-order valence-electron chi connectivity index (χ2n) is 8.52. The van der Waals surface area contributed by atoms with Crippen LogP contribution in [0.5, 0.6) is 17.2 Å². The molecule has 0 saturated heterocycles.